The highest BCUT2D eigenvalue weighted by molar-refractivity contribution is 7.89. The molecule has 31 heavy (non-hydrogen) atoms. The monoisotopic (exact) mass is 453 g/mol. The fourth-order valence-corrected chi connectivity index (χ4v) is 4.66. The highest BCUT2D eigenvalue weighted by Gasteiger charge is 2.29. The summed E-state index contributed by atoms with van der Waals surface area (Å²) in [4.78, 5) is 36.2. The van der Waals surface area contributed by atoms with Crippen molar-refractivity contribution in [1.82, 2.24) is 14.5 Å². The number of hydrogen-bond acceptors (Lipinski definition) is 8. The van der Waals surface area contributed by atoms with Crippen LogP contribution in [0.15, 0.2) is 29.2 Å². The molecule has 2 aliphatic rings. The number of carbonyl (C=O) groups is 3. The molecular weight excluding hydrogens is 430 g/mol. The number of methoxy groups -OCH3 is 1. The number of esters is 1. The normalized spacial score (nSPS) is 17.6. The van der Waals surface area contributed by atoms with Crippen molar-refractivity contribution in [3.05, 3.63) is 29.8 Å². The molecule has 0 radical (unpaired) electrons. The molecule has 1 N–H and O–H groups in total. The van der Waals surface area contributed by atoms with Gasteiger partial charge in [-0.05, 0) is 23.8 Å². The Balaban J connectivity index is 1.67. The fraction of sp³-hybridized carbons (Fsp3) is 0.421. The average Bonchev–Trinajstić information content (AvgIpc) is 3.22. The van der Waals surface area contributed by atoms with Gasteiger partial charge in [0.2, 0.25) is 10.0 Å². The van der Waals surface area contributed by atoms with E-state index in [0.717, 1.165) is 11.0 Å². The van der Waals surface area contributed by atoms with Gasteiger partial charge in [0.05, 0.1) is 20.3 Å². The fourth-order valence-electron chi connectivity index (χ4n) is 3.06. The third-order valence-corrected chi connectivity index (χ3v) is 6.60. The van der Waals surface area contributed by atoms with E-state index in [1.165, 1.54) is 29.6 Å². The molecule has 3 rings (SSSR count). The van der Waals surface area contributed by atoms with Crippen LogP contribution in [0.5, 0.6) is 5.75 Å². The van der Waals surface area contributed by atoms with Crippen molar-refractivity contribution in [1.29, 1.82) is 0 Å². The van der Waals surface area contributed by atoms with Gasteiger partial charge in [0.15, 0.2) is 6.61 Å². The molecule has 0 bridgehead atoms. The lowest BCUT2D eigenvalue weighted by molar-refractivity contribution is -0.146. The summed E-state index contributed by atoms with van der Waals surface area (Å²) >= 11 is 0. The number of benzene rings is 1. The van der Waals surface area contributed by atoms with Gasteiger partial charge in [0, 0.05) is 32.3 Å². The number of nitrogens with one attached hydrogen (secondary N) is 1. The molecule has 0 atom stereocenters. The van der Waals surface area contributed by atoms with Crippen molar-refractivity contribution >= 4 is 34.0 Å². The Morgan fingerprint density at radius 2 is 1.97 bits per heavy atom. The van der Waals surface area contributed by atoms with Crippen LogP contribution in [-0.4, -0.2) is 88.6 Å². The summed E-state index contributed by atoms with van der Waals surface area (Å²) in [5, 5.41) is 2.48. The van der Waals surface area contributed by atoms with Crippen LogP contribution in [0.25, 0.3) is 6.08 Å². The van der Waals surface area contributed by atoms with Crippen LogP contribution in [0, 0.1) is 0 Å². The van der Waals surface area contributed by atoms with Crippen molar-refractivity contribution in [2.45, 2.75) is 4.90 Å². The number of ether oxygens (including phenoxy) is 3. The molecule has 0 unspecified atom stereocenters. The Hall–Kier alpha value is -2.96. The predicted molar refractivity (Wildman–Crippen MR) is 108 cm³/mol. The summed E-state index contributed by atoms with van der Waals surface area (Å²) in [5.74, 6) is -1.25. The van der Waals surface area contributed by atoms with E-state index in [1.807, 2.05) is 0 Å². The van der Waals surface area contributed by atoms with E-state index in [9.17, 15) is 22.8 Å². The van der Waals surface area contributed by atoms with Crippen LogP contribution in [0.1, 0.15) is 5.56 Å². The molecule has 12 heteroatoms. The third kappa shape index (κ3) is 5.40. The highest BCUT2D eigenvalue weighted by atomic mass is 32.2. The van der Waals surface area contributed by atoms with Gasteiger partial charge in [0.1, 0.15) is 10.6 Å². The second kappa shape index (κ2) is 9.90. The lowest BCUT2D eigenvalue weighted by Crippen LogP contribution is -2.40. The van der Waals surface area contributed by atoms with Gasteiger partial charge >= 0.3 is 12.0 Å². The van der Waals surface area contributed by atoms with Gasteiger partial charge in [-0.3, -0.25) is 9.69 Å². The standard InChI is InChI=1S/C19H23N3O8S/c1-28-15-4-2-14(12-16(15)31(26,27)21-8-10-29-11-9-21)3-5-18(24)30-13-17(23)22-7-6-20-19(22)25/h2-5,12H,6-11,13H2,1H3,(H,20,25)/b5-3+. The Morgan fingerprint density at radius 1 is 1.23 bits per heavy atom. The molecule has 0 aromatic heterocycles. The maximum absolute atomic E-state index is 13.0. The second-order valence-corrected chi connectivity index (χ2v) is 8.55. The van der Waals surface area contributed by atoms with E-state index >= 15 is 0 Å². The molecule has 2 heterocycles. The van der Waals surface area contributed by atoms with Crippen LogP contribution in [0.2, 0.25) is 0 Å². The number of rotatable bonds is 7. The lowest BCUT2D eigenvalue weighted by Gasteiger charge is -2.26. The van der Waals surface area contributed by atoms with Crippen LogP contribution in [0.4, 0.5) is 4.79 Å². The molecule has 2 aliphatic heterocycles. The first-order valence-corrected chi connectivity index (χ1v) is 11.0. The van der Waals surface area contributed by atoms with Gasteiger partial charge < -0.3 is 19.5 Å². The number of carbonyl (C=O) groups excluding carboxylic acids is 3. The van der Waals surface area contributed by atoms with Crippen molar-refractivity contribution in [2.24, 2.45) is 0 Å². The van der Waals surface area contributed by atoms with E-state index in [1.54, 1.807) is 6.07 Å². The summed E-state index contributed by atoms with van der Waals surface area (Å²) in [6, 6.07) is 3.95. The number of nitrogens with zero attached hydrogens (tertiary/aromatic N) is 2. The van der Waals surface area contributed by atoms with E-state index < -0.39 is 34.5 Å². The summed E-state index contributed by atoms with van der Waals surface area (Å²) < 4.78 is 42.6. The Kier molecular flexibility index (Phi) is 7.25. The predicted octanol–water partition coefficient (Wildman–Crippen LogP) is -0.176. The molecule has 0 aliphatic carbocycles. The van der Waals surface area contributed by atoms with E-state index in [-0.39, 0.29) is 30.3 Å². The van der Waals surface area contributed by atoms with Crippen molar-refractivity contribution in [3.8, 4) is 5.75 Å². The quantitative estimate of drug-likeness (QED) is 0.444. The number of urea groups is 1. The number of sulfonamides is 1. The average molecular weight is 453 g/mol. The Morgan fingerprint density at radius 3 is 2.61 bits per heavy atom. The number of amides is 3. The van der Waals surface area contributed by atoms with Crippen LogP contribution in [-0.2, 0) is 29.1 Å². The third-order valence-electron chi connectivity index (χ3n) is 4.68. The van der Waals surface area contributed by atoms with E-state index in [4.69, 9.17) is 14.2 Å². The maximum Gasteiger partial charge on any atom is 0.331 e. The van der Waals surface area contributed by atoms with Crippen LogP contribution in [0.3, 0.4) is 0 Å². The maximum atomic E-state index is 13.0. The first-order valence-electron chi connectivity index (χ1n) is 9.52. The van der Waals surface area contributed by atoms with Gasteiger partial charge in [-0.25, -0.2) is 18.0 Å². The first-order chi connectivity index (χ1) is 14.8. The zero-order valence-electron chi connectivity index (χ0n) is 16.9. The Bertz CT molecular complexity index is 986. The molecule has 1 aromatic rings. The van der Waals surface area contributed by atoms with Crippen molar-refractivity contribution in [2.75, 3.05) is 53.1 Å². The summed E-state index contributed by atoms with van der Waals surface area (Å²) in [5.41, 5.74) is 0.426. The summed E-state index contributed by atoms with van der Waals surface area (Å²) in [6.45, 7) is 1.09. The van der Waals surface area contributed by atoms with Crippen LogP contribution >= 0.6 is 0 Å². The Labute approximate surface area is 179 Å². The molecule has 0 saturated carbocycles. The lowest BCUT2D eigenvalue weighted by atomic mass is 10.2. The topological polar surface area (TPSA) is 132 Å². The zero-order chi connectivity index (χ0) is 22.4. The van der Waals surface area contributed by atoms with Crippen molar-refractivity contribution < 1.29 is 37.0 Å². The van der Waals surface area contributed by atoms with Crippen LogP contribution < -0.4 is 10.1 Å². The van der Waals surface area contributed by atoms with Crippen molar-refractivity contribution in [3.63, 3.8) is 0 Å². The minimum atomic E-state index is -3.81. The first kappa shape index (κ1) is 22.7. The number of imide groups is 1. The molecule has 11 nitrogen and oxygen atoms in total. The van der Waals surface area contributed by atoms with Gasteiger partial charge in [0.25, 0.3) is 5.91 Å². The molecule has 168 valence electrons. The zero-order valence-corrected chi connectivity index (χ0v) is 17.7. The van der Waals surface area contributed by atoms with Gasteiger partial charge in [-0.15, -0.1) is 0 Å². The van der Waals surface area contributed by atoms with E-state index in [0.29, 0.717) is 25.3 Å². The number of hydrogen-bond donors (Lipinski definition) is 1. The molecule has 3 amide bonds. The van der Waals surface area contributed by atoms with Gasteiger partial charge in [-0.1, -0.05) is 6.07 Å². The largest absolute Gasteiger partial charge is 0.495 e. The minimum Gasteiger partial charge on any atom is -0.495 e. The second-order valence-electron chi connectivity index (χ2n) is 6.65. The van der Waals surface area contributed by atoms with Gasteiger partial charge in [-0.2, -0.15) is 4.31 Å². The molecular formula is C19H23N3O8S. The summed E-state index contributed by atoms with van der Waals surface area (Å²) in [6.07, 6.45) is 2.44. The molecule has 2 fully saturated rings. The number of morpholine rings is 1. The molecule has 2 saturated heterocycles. The highest BCUT2D eigenvalue weighted by Crippen LogP contribution is 2.28. The molecule has 0 spiro atoms. The molecule has 1 aromatic carbocycles. The van der Waals surface area contributed by atoms with E-state index in [2.05, 4.69) is 5.32 Å². The smallest absolute Gasteiger partial charge is 0.331 e. The summed E-state index contributed by atoms with van der Waals surface area (Å²) in [7, 11) is -2.44. The minimum absolute atomic E-state index is 0.0253. The SMILES string of the molecule is COc1ccc(/C=C/C(=O)OCC(=O)N2CCNC2=O)cc1S(=O)(=O)N1CCOCC1.